The molecule has 0 saturated heterocycles. The predicted octanol–water partition coefficient (Wildman–Crippen LogP) is 2.60. The molecule has 0 unspecified atom stereocenters. The summed E-state index contributed by atoms with van der Waals surface area (Å²) in [5.41, 5.74) is 0. The number of nitrogens with zero attached hydrogens (tertiary/aromatic N) is 1. The number of unbranched alkanes of at least 4 members (excludes halogenated alkanes) is 1. The standard InChI is InChI=1S/C14H20ClNO3/c1-16(14(17)11-18-2)9-3-4-10-19-13-7-5-12(15)6-8-13/h5-8H,3-4,9-11H2,1-2H3. The van der Waals surface area contributed by atoms with Gasteiger partial charge in [-0.05, 0) is 37.1 Å². The van der Waals surface area contributed by atoms with Crippen LogP contribution in [-0.2, 0) is 9.53 Å². The maximum atomic E-state index is 11.4. The molecule has 106 valence electrons. The summed E-state index contributed by atoms with van der Waals surface area (Å²) >= 11 is 5.78. The number of carbonyl (C=O) groups is 1. The first kappa shape index (κ1) is 15.8. The largest absolute Gasteiger partial charge is 0.494 e. The van der Waals surface area contributed by atoms with Gasteiger partial charge in [0.25, 0.3) is 0 Å². The van der Waals surface area contributed by atoms with Crippen LogP contribution in [0.25, 0.3) is 0 Å². The van der Waals surface area contributed by atoms with E-state index in [0.29, 0.717) is 18.2 Å². The Morgan fingerprint density at radius 2 is 1.95 bits per heavy atom. The molecule has 5 heteroatoms. The van der Waals surface area contributed by atoms with E-state index in [1.807, 2.05) is 12.1 Å². The number of likely N-dealkylation sites (N-methyl/N-ethyl adjacent to an activating group) is 1. The highest BCUT2D eigenvalue weighted by atomic mass is 35.5. The van der Waals surface area contributed by atoms with Gasteiger partial charge in [-0.1, -0.05) is 11.6 Å². The Morgan fingerprint density at radius 3 is 2.58 bits per heavy atom. The third-order valence-electron chi connectivity index (χ3n) is 2.66. The minimum absolute atomic E-state index is 0.00104. The van der Waals surface area contributed by atoms with Gasteiger partial charge in [0.05, 0.1) is 6.61 Å². The van der Waals surface area contributed by atoms with Crippen LogP contribution >= 0.6 is 11.6 Å². The molecule has 0 atom stereocenters. The van der Waals surface area contributed by atoms with Crippen LogP contribution in [0.4, 0.5) is 0 Å². The van der Waals surface area contributed by atoms with Gasteiger partial charge in [-0.2, -0.15) is 0 Å². The molecule has 1 amide bonds. The molecule has 0 aliphatic heterocycles. The molecule has 0 saturated carbocycles. The van der Waals surface area contributed by atoms with Crippen LogP contribution in [-0.4, -0.2) is 44.7 Å². The molecule has 0 aliphatic carbocycles. The molecule has 1 rings (SSSR count). The lowest BCUT2D eigenvalue weighted by Gasteiger charge is -2.16. The van der Waals surface area contributed by atoms with Crippen molar-refractivity contribution in [3.05, 3.63) is 29.3 Å². The van der Waals surface area contributed by atoms with E-state index in [9.17, 15) is 4.79 Å². The predicted molar refractivity (Wildman–Crippen MR) is 75.7 cm³/mol. The SMILES string of the molecule is COCC(=O)N(C)CCCCOc1ccc(Cl)cc1. The van der Waals surface area contributed by atoms with Crippen LogP contribution in [0, 0.1) is 0 Å². The van der Waals surface area contributed by atoms with E-state index in [1.165, 1.54) is 7.11 Å². The maximum Gasteiger partial charge on any atom is 0.248 e. The summed E-state index contributed by atoms with van der Waals surface area (Å²) in [6.45, 7) is 1.48. The summed E-state index contributed by atoms with van der Waals surface area (Å²) in [5.74, 6) is 0.814. The second-order valence-corrected chi connectivity index (χ2v) is 4.69. The number of ether oxygens (including phenoxy) is 2. The van der Waals surface area contributed by atoms with Crippen molar-refractivity contribution in [2.45, 2.75) is 12.8 Å². The van der Waals surface area contributed by atoms with E-state index in [0.717, 1.165) is 18.6 Å². The molecular formula is C14H20ClNO3. The van der Waals surface area contributed by atoms with Gasteiger partial charge in [-0.25, -0.2) is 0 Å². The van der Waals surface area contributed by atoms with Gasteiger partial charge in [0.2, 0.25) is 5.91 Å². The number of rotatable bonds is 8. The van der Waals surface area contributed by atoms with E-state index < -0.39 is 0 Å². The molecule has 0 N–H and O–H groups in total. The molecule has 0 fully saturated rings. The summed E-state index contributed by atoms with van der Waals surface area (Å²) in [4.78, 5) is 13.1. The number of hydrogen-bond acceptors (Lipinski definition) is 3. The van der Waals surface area contributed by atoms with Gasteiger partial charge in [-0.3, -0.25) is 4.79 Å². The zero-order chi connectivity index (χ0) is 14.1. The molecule has 0 aromatic heterocycles. The molecule has 19 heavy (non-hydrogen) atoms. The van der Waals surface area contributed by atoms with Crippen LogP contribution in [0.2, 0.25) is 5.02 Å². The topological polar surface area (TPSA) is 38.8 Å². The first-order valence-corrected chi connectivity index (χ1v) is 6.62. The fourth-order valence-corrected chi connectivity index (χ4v) is 1.66. The van der Waals surface area contributed by atoms with Crippen molar-refractivity contribution >= 4 is 17.5 Å². The van der Waals surface area contributed by atoms with Crippen LogP contribution in [0.3, 0.4) is 0 Å². The summed E-state index contributed by atoms with van der Waals surface area (Å²) in [5, 5.41) is 0.700. The molecule has 0 bridgehead atoms. The number of benzene rings is 1. The summed E-state index contributed by atoms with van der Waals surface area (Å²) < 4.78 is 10.4. The molecule has 1 aromatic rings. The molecule has 4 nitrogen and oxygen atoms in total. The normalized spacial score (nSPS) is 10.3. The number of hydrogen-bond donors (Lipinski definition) is 0. The molecule has 0 spiro atoms. The molecule has 0 heterocycles. The smallest absolute Gasteiger partial charge is 0.248 e. The first-order valence-electron chi connectivity index (χ1n) is 6.24. The highest BCUT2D eigenvalue weighted by Gasteiger charge is 2.06. The zero-order valence-corrected chi connectivity index (χ0v) is 12.2. The second kappa shape index (κ2) is 8.77. The minimum Gasteiger partial charge on any atom is -0.494 e. The molecule has 1 aromatic carbocycles. The lowest BCUT2D eigenvalue weighted by molar-refractivity contribution is -0.133. The van der Waals surface area contributed by atoms with E-state index >= 15 is 0 Å². The van der Waals surface area contributed by atoms with Gasteiger partial charge in [0.15, 0.2) is 0 Å². The van der Waals surface area contributed by atoms with Gasteiger partial charge < -0.3 is 14.4 Å². The van der Waals surface area contributed by atoms with Crippen LogP contribution in [0.15, 0.2) is 24.3 Å². The monoisotopic (exact) mass is 285 g/mol. The third kappa shape index (κ3) is 6.45. The van der Waals surface area contributed by atoms with Crippen molar-refractivity contribution < 1.29 is 14.3 Å². The Kier molecular flexibility index (Phi) is 7.30. The van der Waals surface area contributed by atoms with Gasteiger partial charge >= 0.3 is 0 Å². The van der Waals surface area contributed by atoms with E-state index in [1.54, 1.807) is 24.1 Å². The highest BCUT2D eigenvalue weighted by molar-refractivity contribution is 6.30. The zero-order valence-electron chi connectivity index (χ0n) is 11.4. The Labute approximate surface area is 119 Å². The van der Waals surface area contributed by atoms with Gasteiger partial charge in [0.1, 0.15) is 12.4 Å². The van der Waals surface area contributed by atoms with Gasteiger partial charge in [-0.15, -0.1) is 0 Å². The lowest BCUT2D eigenvalue weighted by atomic mass is 10.3. The van der Waals surface area contributed by atoms with E-state index in [-0.39, 0.29) is 12.5 Å². The first-order chi connectivity index (χ1) is 9.13. The van der Waals surface area contributed by atoms with Crippen LogP contribution < -0.4 is 4.74 Å². The Hall–Kier alpha value is -1.26. The van der Waals surface area contributed by atoms with Crippen molar-refractivity contribution in [1.29, 1.82) is 0 Å². The fraction of sp³-hybridized carbons (Fsp3) is 0.500. The highest BCUT2D eigenvalue weighted by Crippen LogP contribution is 2.15. The Balaban J connectivity index is 2.11. The van der Waals surface area contributed by atoms with Crippen molar-refractivity contribution in [2.24, 2.45) is 0 Å². The summed E-state index contributed by atoms with van der Waals surface area (Å²) in [6.07, 6.45) is 1.80. The summed E-state index contributed by atoms with van der Waals surface area (Å²) in [6, 6.07) is 7.29. The Bertz CT molecular complexity index is 381. The minimum atomic E-state index is 0.00104. The van der Waals surface area contributed by atoms with Crippen molar-refractivity contribution in [1.82, 2.24) is 4.90 Å². The fourth-order valence-electron chi connectivity index (χ4n) is 1.53. The van der Waals surface area contributed by atoms with E-state index in [2.05, 4.69) is 0 Å². The number of methoxy groups -OCH3 is 1. The quantitative estimate of drug-likeness (QED) is 0.689. The molecular weight excluding hydrogens is 266 g/mol. The van der Waals surface area contributed by atoms with Crippen molar-refractivity contribution in [3.63, 3.8) is 0 Å². The van der Waals surface area contributed by atoms with Crippen LogP contribution in [0.5, 0.6) is 5.75 Å². The van der Waals surface area contributed by atoms with Crippen LogP contribution in [0.1, 0.15) is 12.8 Å². The van der Waals surface area contributed by atoms with Crippen molar-refractivity contribution in [2.75, 3.05) is 33.9 Å². The third-order valence-corrected chi connectivity index (χ3v) is 2.92. The lowest BCUT2D eigenvalue weighted by Crippen LogP contribution is -2.30. The van der Waals surface area contributed by atoms with Crippen molar-refractivity contribution in [3.8, 4) is 5.75 Å². The maximum absolute atomic E-state index is 11.4. The average molecular weight is 286 g/mol. The summed E-state index contributed by atoms with van der Waals surface area (Å²) in [7, 11) is 3.30. The molecule has 0 aliphatic rings. The van der Waals surface area contributed by atoms with Gasteiger partial charge in [0, 0.05) is 25.7 Å². The number of halogens is 1. The second-order valence-electron chi connectivity index (χ2n) is 4.26. The average Bonchev–Trinajstić information content (AvgIpc) is 2.40. The molecule has 0 radical (unpaired) electrons. The Morgan fingerprint density at radius 1 is 1.26 bits per heavy atom. The van der Waals surface area contributed by atoms with E-state index in [4.69, 9.17) is 21.1 Å². The number of carbonyl (C=O) groups excluding carboxylic acids is 1. The number of amides is 1.